The number of methoxy groups -OCH3 is 1. The lowest BCUT2D eigenvalue weighted by Crippen LogP contribution is -2.39. The number of nitrogens with one attached hydrogen (secondary N) is 2. The highest BCUT2D eigenvalue weighted by atomic mass is 19.1. The van der Waals surface area contributed by atoms with Gasteiger partial charge in [0.1, 0.15) is 5.75 Å². The van der Waals surface area contributed by atoms with Crippen molar-refractivity contribution in [2.75, 3.05) is 30.8 Å². The van der Waals surface area contributed by atoms with Crippen LogP contribution in [-0.2, 0) is 6.54 Å². The summed E-state index contributed by atoms with van der Waals surface area (Å²) >= 11 is 0. The Morgan fingerprint density at radius 2 is 1.94 bits per heavy atom. The van der Waals surface area contributed by atoms with E-state index in [9.17, 15) is 4.39 Å². The average molecular weight is 491 g/mol. The maximum atomic E-state index is 14.6. The van der Waals surface area contributed by atoms with Gasteiger partial charge in [-0.05, 0) is 54.0 Å². The number of halogens is 1. The smallest absolute Gasteiger partial charge is 0.229 e. The first kappa shape index (κ1) is 23.5. The van der Waals surface area contributed by atoms with E-state index in [4.69, 9.17) is 4.74 Å². The molecular weight excluding hydrogens is 463 g/mol. The van der Waals surface area contributed by atoms with Crippen LogP contribution < -0.4 is 15.4 Å². The number of piperidine rings is 1. The second kappa shape index (κ2) is 10.6. The number of anilines is 3. The highest BCUT2D eigenvalue weighted by molar-refractivity contribution is 5.62. The van der Waals surface area contributed by atoms with Crippen molar-refractivity contribution in [1.29, 1.82) is 0 Å². The van der Waals surface area contributed by atoms with Crippen molar-refractivity contribution in [3.8, 4) is 11.4 Å². The topological polar surface area (TPSA) is 119 Å². The summed E-state index contributed by atoms with van der Waals surface area (Å²) in [4.78, 5) is 15.0. The van der Waals surface area contributed by atoms with Crippen LogP contribution in [-0.4, -0.2) is 66.3 Å². The molecule has 4 heterocycles. The molecule has 186 valence electrons. The van der Waals surface area contributed by atoms with Gasteiger partial charge in [-0.2, -0.15) is 9.67 Å². The first-order valence-corrected chi connectivity index (χ1v) is 11.7. The molecular formula is C24H27FN10O. The molecule has 36 heavy (non-hydrogen) atoms. The summed E-state index contributed by atoms with van der Waals surface area (Å²) in [5.41, 5.74) is 2.60. The van der Waals surface area contributed by atoms with Gasteiger partial charge < -0.3 is 15.4 Å². The Balaban J connectivity index is 1.25. The molecule has 0 saturated carbocycles. The number of aromatic nitrogens is 7. The first-order valence-electron chi connectivity index (χ1n) is 11.7. The number of ether oxygens (including phenoxy) is 1. The van der Waals surface area contributed by atoms with E-state index in [1.165, 1.54) is 11.8 Å². The van der Waals surface area contributed by atoms with E-state index < -0.39 is 5.82 Å². The summed E-state index contributed by atoms with van der Waals surface area (Å²) in [6.45, 7) is 4.52. The van der Waals surface area contributed by atoms with E-state index in [-0.39, 0.29) is 17.8 Å². The van der Waals surface area contributed by atoms with E-state index in [1.807, 2.05) is 36.7 Å². The zero-order valence-corrected chi connectivity index (χ0v) is 20.1. The lowest BCUT2D eigenvalue weighted by atomic mass is 10.0. The van der Waals surface area contributed by atoms with Gasteiger partial charge in [0, 0.05) is 55.9 Å². The Kier molecular flexibility index (Phi) is 6.94. The predicted octanol–water partition coefficient (Wildman–Crippen LogP) is 3.12. The van der Waals surface area contributed by atoms with Crippen molar-refractivity contribution in [2.45, 2.75) is 32.4 Å². The molecule has 1 saturated heterocycles. The Hall–Kier alpha value is -4.19. The van der Waals surface area contributed by atoms with Crippen LogP contribution in [0, 0.1) is 12.7 Å². The van der Waals surface area contributed by atoms with Gasteiger partial charge in [-0.15, -0.1) is 5.10 Å². The second-order valence-corrected chi connectivity index (χ2v) is 8.62. The maximum Gasteiger partial charge on any atom is 0.229 e. The third kappa shape index (κ3) is 5.54. The summed E-state index contributed by atoms with van der Waals surface area (Å²) in [5.74, 6) is 1.19. The molecule has 1 aliphatic rings. The molecule has 0 aliphatic carbocycles. The normalized spacial score (nSPS) is 14.5. The molecule has 3 aromatic heterocycles. The van der Waals surface area contributed by atoms with Gasteiger partial charge in [0.2, 0.25) is 5.95 Å². The minimum atomic E-state index is -0.490. The quantitative estimate of drug-likeness (QED) is 0.381. The fourth-order valence-electron chi connectivity index (χ4n) is 4.20. The monoisotopic (exact) mass is 490 g/mol. The lowest BCUT2D eigenvalue weighted by Gasteiger charge is -2.32. The lowest BCUT2D eigenvalue weighted by molar-refractivity contribution is 0.211. The number of aryl methyl sites for hydroxylation is 1. The van der Waals surface area contributed by atoms with Crippen molar-refractivity contribution >= 4 is 17.5 Å². The van der Waals surface area contributed by atoms with E-state index in [0.29, 0.717) is 22.9 Å². The molecule has 0 unspecified atom stereocenters. The summed E-state index contributed by atoms with van der Waals surface area (Å²) < 4.78 is 21.6. The van der Waals surface area contributed by atoms with Gasteiger partial charge in [-0.3, -0.25) is 9.88 Å². The van der Waals surface area contributed by atoms with Crippen LogP contribution in [0.4, 0.5) is 21.8 Å². The zero-order chi connectivity index (χ0) is 24.9. The molecule has 11 nitrogen and oxygen atoms in total. The molecule has 1 aromatic carbocycles. The van der Waals surface area contributed by atoms with Crippen LogP contribution >= 0.6 is 0 Å². The molecule has 0 spiro atoms. The molecule has 1 aliphatic heterocycles. The zero-order valence-electron chi connectivity index (χ0n) is 20.1. The Bertz CT molecular complexity index is 1310. The predicted molar refractivity (Wildman–Crippen MR) is 132 cm³/mol. The molecule has 0 atom stereocenters. The molecule has 0 amide bonds. The summed E-state index contributed by atoms with van der Waals surface area (Å²) in [5, 5.41) is 18.0. The van der Waals surface area contributed by atoms with E-state index >= 15 is 0 Å². The number of benzene rings is 1. The molecule has 0 bridgehead atoms. The number of pyridine rings is 1. The van der Waals surface area contributed by atoms with Gasteiger partial charge in [-0.25, -0.2) is 9.37 Å². The van der Waals surface area contributed by atoms with Crippen LogP contribution in [0.25, 0.3) is 5.69 Å². The number of likely N-dealkylation sites (tertiary alicyclic amines) is 1. The SMILES string of the molecule is COc1cc(Nc2ncc(F)c(NC3CCN(Cc4ccncc4)CC3)n2)cc(-n2nnnc2C)c1. The third-order valence-electron chi connectivity index (χ3n) is 6.08. The molecule has 1 fully saturated rings. The van der Waals surface area contributed by atoms with Gasteiger partial charge >= 0.3 is 0 Å². The van der Waals surface area contributed by atoms with E-state index in [2.05, 4.69) is 46.0 Å². The van der Waals surface area contributed by atoms with Crippen molar-refractivity contribution in [3.05, 3.63) is 66.1 Å². The van der Waals surface area contributed by atoms with Crippen LogP contribution in [0.2, 0.25) is 0 Å². The van der Waals surface area contributed by atoms with Crippen LogP contribution in [0.5, 0.6) is 5.75 Å². The molecule has 5 rings (SSSR count). The van der Waals surface area contributed by atoms with Crippen LogP contribution in [0.3, 0.4) is 0 Å². The van der Waals surface area contributed by atoms with E-state index in [0.717, 1.165) is 32.5 Å². The maximum absolute atomic E-state index is 14.6. The Morgan fingerprint density at radius 3 is 2.67 bits per heavy atom. The van der Waals surface area contributed by atoms with Gasteiger partial charge in [0.05, 0.1) is 19.0 Å². The van der Waals surface area contributed by atoms with Crippen LogP contribution in [0.15, 0.2) is 48.9 Å². The average Bonchev–Trinajstić information content (AvgIpc) is 3.33. The van der Waals surface area contributed by atoms with Gasteiger partial charge in [0.25, 0.3) is 0 Å². The number of hydrogen-bond donors (Lipinski definition) is 2. The Morgan fingerprint density at radius 1 is 1.14 bits per heavy atom. The number of hydrogen-bond acceptors (Lipinski definition) is 10. The third-order valence-corrected chi connectivity index (χ3v) is 6.08. The molecule has 2 N–H and O–H groups in total. The molecule has 4 aromatic rings. The summed E-state index contributed by atoms with van der Waals surface area (Å²) in [6.07, 6.45) is 6.57. The van der Waals surface area contributed by atoms with Crippen LogP contribution in [0.1, 0.15) is 24.2 Å². The van der Waals surface area contributed by atoms with Crippen molar-refractivity contribution < 1.29 is 9.13 Å². The highest BCUT2D eigenvalue weighted by Gasteiger charge is 2.21. The van der Waals surface area contributed by atoms with Gasteiger partial charge in [0.15, 0.2) is 17.5 Å². The van der Waals surface area contributed by atoms with Crippen molar-refractivity contribution in [3.63, 3.8) is 0 Å². The standard InChI is InChI=1S/C24H27FN10O/c1-16-31-32-33-35(16)20-11-19(12-21(13-20)36-2)29-24-27-14-22(25)23(30-24)28-18-5-9-34(10-6-18)15-17-3-7-26-8-4-17/h3-4,7-8,11-14,18H,5-6,9-10,15H2,1-2H3,(H2,27,28,29,30). The summed E-state index contributed by atoms with van der Waals surface area (Å²) in [6, 6.07) is 9.64. The fourth-order valence-corrected chi connectivity index (χ4v) is 4.20. The highest BCUT2D eigenvalue weighted by Crippen LogP contribution is 2.26. The Labute approximate surface area is 207 Å². The fraction of sp³-hybridized carbons (Fsp3) is 0.333. The minimum absolute atomic E-state index is 0.127. The van der Waals surface area contributed by atoms with Gasteiger partial charge in [-0.1, -0.05) is 0 Å². The minimum Gasteiger partial charge on any atom is -0.497 e. The first-order chi connectivity index (χ1) is 17.6. The van der Waals surface area contributed by atoms with E-state index in [1.54, 1.807) is 24.8 Å². The second-order valence-electron chi connectivity index (χ2n) is 8.62. The number of rotatable bonds is 8. The number of tetrazole rings is 1. The molecule has 12 heteroatoms. The largest absolute Gasteiger partial charge is 0.497 e. The molecule has 0 radical (unpaired) electrons. The number of nitrogens with zero attached hydrogens (tertiary/aromatic N) is 8. The summed E-state index contributed by atoms with van der Waals surface area (Å²) in [7, 11) is 1.58. The van der Waals surface area contributed by atoms with Crippen molar-refractivity contribution in [1.82, 2.24) is 40.1 Å². The van der Waals surface area contributed by atoms with Crippen molar-refractivity contribution in [2.24, 2.45) is 0 Å².